The van der Waals surface area contributed by atoms with Crippen LogP contribution in [0, 0.1) is 0 Å². The van der Waals surface area contributed by atoms with Gasteiger partial charge >= 0.3 is 0 Å². The van der Waals surface area contributed by atoms with Crippen LogP contribution in [0.2, 0.25) is 0 Å². The van der Waals surface area contributed by atoms with Crippen LogP contribution in [0.25, 0.3) is 10.9 Å². The van der Waals surface area contributed by atoms with Crippen molar-refractivity contribution in [3.05, 3.63) is 34.1 Å². The Labute approximate surface area is 100 Å². The van der Waals surface area contributed by atoms with Crippen molar-refractivity contribution < 1.29 is 0 Å². The summed E-state index contributed by atoms with van der Waals surface area (Å²) >= 11 is 0. The van der Waals surface area contributed by atoms with E-state index in [9.17, 15) is 4.79 Å². The van der Waals surface area contributed by atoms with E-state index in [1.165, 1.54) is 0 Å². The summed E-state index contributed by atoms with van der Waals surface area (Å²) in [6.07, 6.45) is 1.61. The first-order valence-corrected chi connectivity index (χ1v) is 5.89. The van der Waals surface area contributed by atoms with Crippen LogP contribution in [0.4, 0.5) is 0 Å². The number of fused-ring (bicyclic) bond motifs is 1. The van der Waals surface area contributed by atoms with Gasteiger partial charge in [-0.3, -0.25) is 9.78 Å². The number of hydrogen-bond acceptors (Lipinski definition) is 3. The zero-order valence-corrected chi connectivity index (χ0v) is 10.6. The smallest absolute Gasteiger partial charge is 0.260 e. The fourth-order valence-electron chi connectivity index (χ4n) is 1.66. The third-order valence-electron chi connectivity index (χ3n) is 2.77. The molecular weight excluding hydrogens is 214 g/mol. The van der Waals surface area contributed by atoms with Gasteiger partial charge in [-0.25, -0.2) is 4.98 Å². The van der Waals surface area contributed by atoms with E-state index in [0.29, 0.717) is 11.3 Å². The Hall–Kier alpha value is -1.71. The number of hydrogen-bond donors (Lipinski definition) is 1. The summed E-state index contributed by atoms with van der Waals surface area (Å²) in [6.45, 7) is 8.17. The van der Waals surface area contributed by atoms with Gasteiger partial charge in [0, 0.05) is 17.8 Å². The second-order valence-corrected chi connectivity index (χ2v) is 4.89. The Balaban J connectivity index is 2.71. The Morgan fingerprint density at radius 3 is 2.47 bits per heavy atom. The summed E-state index contributed by atoms with van der Waals surface area (Å²) in [7, 11) is 0. The minimum absolute atomic E-state index is 0.110. The molecule has 2 aromatic rings. The molecule has 0 amide bonds. The second-order valence-electron chi connectivity index (χ2n) is 4.89. The van der Waals surface area contributed by atoms with Crippen LogP contribution < -0.4 is 5.56 Å². The van der Waals surface area contributed by atoms with Crippen molar-refractivity contribution in [2.24, 2.45) is 0 Å². The van der Waals surface area contributed by atoms with E-state index >= 15 is 0 Å². The Kier molecular flexibility index (Phi) is 2.96. The minimum Gasteiger partial charge on any atom is -0.310 e. The number of nitrogens with one attached hydrogen (secondary N) is 1. The molecule has 0 saturated carbocycles. The molecule has 4 heteroatoms. The lowest BCUT2D eigenvalue weighted by Gasteiger charge is -2.08. The van der Waals surface area contributed by atoms with Crippen molar-refractivity contribution in [2.75, 3.05) is 0 Å². The highest BCUT2D eigenvalue weighted by molar-refractivity contribution is 5.76. The number of aromatic nitrogens is 3. The summed E-state index contributed by atoms with van der Waals surface area (Å²) in [5.41, 5.74) is 1.59. The average Bonchev–Trinajstić information content (AvgIpc) is 2.27. The summed E-state index contributed by atoms with van der Waals surface area (Å²) in [5, 5.41) is 0.554. The summed E-state index contributed by atoms with van der Waals surface area (Å²) in [6, 6.07) is 1.90. The van der Waals surface area contributed by atoms with Crippen molar-refractivity contribution in [2.45, 2.75) is 39.5 Å². The highest BCUT2D eigenvalue weighted by atomic mass is 16.1. The molecule has 0 radical (unpaired) electrons. The largest absolute Gasteiger partial charge is 0.310 e. The number of rotatable bonds is 2. The summed E-state index contributed by atoms with van der Waals surface area (Å²) < 4.78 is 0. The lowest BCUT2D eigenvalue weighted by atomic mass is 10.1. The van der Waals surface area contributed by atoms with E-state index in [4.69, 9.17) is 0 Å². The van der Waals surface area contributed by atoms with E-state index in [0.717, 1.165) is 17.0 Å². The zero-order chi connectivity index (χ0) is 12.6. The van der Waals surface area contributed by atoms with Crippen molar-refractivity contribution in [1.82, 2.24) is 15.0 Å². The minimum atomic E-state index is -0.110. The van der Waals surface area contributed by atoms with Gasteiger partial charge in [-0.2, -0.15) is 0 Å². The van der Waals surface area contributed by atoms with Gasteiger partial charge in [-0.1, -0.05) is 27.7 Å². The van der Waals surface area contributed by atoms with E-state index in [1.54, 1.807) is 6.20 Å². The molecule has 0 unspecified atom stereocenters. The molecule has 90 valence electrons. The van der Waals surface area contributed by atoms with Crippen LogP contribution in [0.1, 0.15) is 51.0 Å². The molecule has 0 atom stereocenters. The van der Waals surface area contributed by atoms with Gasteiger partial charge in [0.1, 0.15) is 5.82 Å². The van der Waals surface area contributed by atoms with Crippen LogP contribution in [0.5, 0.6) is 0 Å². The number of H-pyrrole nitrogens is 1. The van der Waals surface area contributed by atoms with Crippen molar-refractivity contribution in [3.63, 3.8) is 0 Å². The predicted molar refractivity (Wildman–Crippen MR) is 68.3 cm³/mol. The van der Waals surface area contributed by atoms with E-state index < -0.39 is 0 Å². The van der Waals surface area contributed by atoms with Gasteiger partial charge in [-0.05, 0) is 12.0 Å². The van der Waals surface area contributed by atoms with Gasteiger partial charge in [0.25, 0.3) is 5.56 Å². The molecule has 0 aliphatic rings. The summed E-state index contributed by atoms with van der Waals surface area (Å²) in [4.78, 5) is 23.4. The first-order chi connectivity index (χ1) is 7.99. The lowest BCUT2D eigenvalue weighted by molar-refractivity contribution is 0.774. The predicted octanol–water partition coefficient (Wildman–Crippen LogP) is 2.56. The Bertz CT molecular complexity index is 594. The van der Waals surface area contributed by atoms with Gasteiger partial charge in [0.05, 0.1) is 10.9 Å². The van der Waals surface area contributed by atoms with E-state index in [1.807, 2.05) is 19.9 Å². The molecule has 0 aliphatic carbocycles. The second kappa shape index (κ2) is 4.28. The fourth-order valence-corrected chi connectivity index (χ4v) is 1.66. The van der Waals surface area contributed by atoms with Crippen molar-refractivity contribution in [1.29, 1.82) is 0 Å². The highest BCUT2D eigenvalue weighted by Gasteiger charge is 2.09. The molecule has 17 heavy (non-hydrogen) atoms. The van der Waals surface area contributed by atoms with Gasteiger partial charge in [-0.15, -0.1) is 0 Å². The van der Waals surface area contributed by atoms with Gasteiger partial charge in [0.2, 0.25) is 0 Å². The van der Waals surface area contributed by atoms with Crippen molar-refractivity contribution in [3.8, 4) is 0 Å². The topological polar surface area (TPSA) is 58.6 Å². The molecule has 0 bridgehead atoms. The highest BCUT2D eigenvalue weighted by Crippen LogP contribution is 2.16. The monoisotopic (exact) mass is 231 g/mol. The molecule has 2 aromatic heterocycles. The maximum absolute atomic E-state index is 11.8. The van der Waals surface area contributed by atoms with E-state index in [2.05, 4.69) is 28.8 Å². The van der Waals surface area contributed by atoms with Gasteiger partial charge < -0.3 is 4.98 Å². The molecule has 4 nitrogen and oxygen atoms in total. The number of pyridine rings is 1. The molecule has 0 fully saturated rings. The number of aromatic amines is 1. The molecule has 0 aromatic carbocycles. The van der Waals surface area contributed by atoms with Crippen LogP contribution >= 0.6 is 0 Å². The quantitative estimate of drug-likeness (QED) is 0.864. The molecule has 0 spiro atoms. The number of nitrogens with zero attached hydrogens (tertiary/aromatic N) is 2. The van der Waals surface area contributed by atoms with Gasteiger partial charge in [0.15, 0.2) is 0 Å². The van der Waals surface area contributed by atoms with Crippen LogP contribution in [-0.4, -0.2) is 15.0 Å². The Morgan fingerprint density at radius 2 is 1.88 bits per heavy atom. The molecule has 2 rings (SSSR count). The fraction of sp³-hybridized carbons (Fsp3) is 0.462. The lowest BCUT2D eigenvalue weighted by Crippen LogP contribution is -2.13. The van der Waals surface area contributed by atoms with E-state index in [-0.39, 0.29) is 11.5 Å². The molecule has 0 saturated heterocycles. The normalized spacial score (nSPS) is 11.6. The maximum Gasteiger partial charge on any atom is 0.260 e. The zero-order valence-electron chi connectivity index (χ0n) is 10.6. The average molecular weight is 231 g/mol. The SMILES string of the molecule is CC(C)c1cc2nc(C(C)C)[nH]c(=O)c2cn1. The first-order valence-electron chi connectivity index (χ1n) is 5.89. The molecule has 2 heterocycles. The van der Waals surface area contributed by atoms with Crippen LogP contribution in [-0.2, 0) is 0 Å². The van der Waals surface area contributed by atoms with Crippen LogP contribution in [0.15, 0.2) is 17.1 Å². The van der Waals surface area contributed by atoms with Crippen LogP contribution in [0.3, 0.4) is 0 Å². The molecule has 1 N–H and O–H groups in total. The maximum atomic E-state index is 11.8. The molecule has 0 aliphatic heterocycles. The Morgan fingerprint density at radius 1 is 1.18 bits per heavy atom. The third-order valence-corrected chi connectivity index (χ3v) is 2.77. The summed E-state index contributed by atoms with van der Waals surface area (Å²) in [5.74, 6) is 1.27. The van der Waals surface area contributed by atoms with Crippen molar-refractivity contribution >= 4 is 10.9 Å². The third kappa shape index (κ3) is 2.20. The molecular formula is C13H17N3O. The first kappa shape index (κ1) is 11.8. The standard InChI is InChI=1S/C13H17N3O/c1-7(2)10-5-11-9(6-14-10)13(17)16-12(15-11)8(3)4/h5-8H,1-4H3,(H,15,16,17).